The summed E-state index contributed by atoms with van der Waals surface area (Å²) in [5.74, 6) is 2.41. The van der Waals surface area contributed by atoms with Gasteiger partial charge >= 0.3 is 0 Å². The van der Waals surface area contributed by atoms with E-state index in [0.29, 0.717) is 35.4 Å². The molecule has 5 rings (SSSR count). The third-order valence-electron chi connectivity index (χ3n) is 6.12. The first kappa shape index (κ1) is 18.4. The first-order valence-electron chi connectivity index (χ1n) is 9.41. The van der Waals surface area contributed by atoms with Crippen LogP contribution in [0, 0.1) is 11.8 Å². The monoisotopic (exact) mass is 393 g/mol. The number of halogens is 1. The van der Waals surface area contributed by atoms with Crippen molar-refractivity contribution < 1.29 is 19.1 Å². The molecule has 146 valence electrons. The summed E-state index contributed by atoms with van der Waals surface area (Å²) in [4.78, 5) is 29.8. The molecule has 1 aromatic rings. The summed E-state index contributed by atoms with van der Waals surface area (Å²) in [5.41, 5.74) is 0.552. The number of carbonyl (C=O) groups excluding carboxylic acids is 2. The maximum atomic E-state index is 13.1. The highest BCUT2D eigenvalue weighted by Crippen LogP contribution is 2.34. The van der Waals surface area contributed by atoms with E-state index in [-0.39, 0.29) is 37.1 Å². The summed E-state index contributed by atoms with van der Waals surface area (Å²) >= 11 is 0. The van der Waals surface area contributed by atoms with Crippen molar-refractivity contribution in [2.45, 2.75) is 18.9 Å². The number of fused-ring (bicyclic) bond motifs is 2. The Morgan fingerprint density at radius 1 is 1.07 bits per heavy atom. The maximum absolute atomic E-state index is 13.1. The lowest BCUT2D eigenvalue weighted by Gasteiger charge is -2.28. The fraction of sp³-hybridized carbons (Fsp3) is 0.579. The lowest BCUT2D eigenvalue weighted by Crippen LogP contribution is -2.47. The van der Waals surface area contributed by atoms with E-state index in [1.54, 1.807) is 23.1 Å². The second-order valence-corrected chi connectivity index (χ2v) is 7.65. The Morgan fingerprint density at radius 3 is 2.59 bits per heavy atom. The second kappa shape index (κ2) is 7.20. The molecule has 0 spiro atoms. The number of hydrogen-bond donors (Lipinski definition) is 1. The summed E-state index contributed by atoms with van der Waals surface area (Å²) < 4.78 is 10.7. The van der Waals surface area contributed by atoms with E-state index >= 15 is 0 Å². The molecule has 0 aromatic heterocycles. The number of nitrogens with one attached hydrogen (secondary N) is 1. The average molecular weight is 394 g/mol. The van der Waals surface area contributed by atoms with Crippen molar-refractivity contribution in [2.75, 3.05) is 39.5 Å². The van der Waals surface area contributed by atoms with Crippen LogP contribution >= 0.6 is 12.4 Å². The first-order valence-corrected chi connectivity index (χ1v) is 9.41. The van der Waals surface area contributed by atoms with E-state index in [2.05, 4.69) is 5.32 Å². The van der Waals surface area contributed by atoms with Crippen molar-refractivity contribution in [3.05, 3.63) is 23.8 Å². The summed E-state index contributed by atoms with van der Waals surface area (Å²) in [5, 5.41) is 3.40. The molecule has 7 nitrogen and oxygen atoms in total. The lowest BCUT2D eigenvalue weighted by molar-refractivity contribution is -0.134. The molecule has 1 N–H and O–H groups in total. The van der Waals surface area contributed by atoms with E-state index in [9.17, 15) is 9.59 Å². The molecule has 0 bridgehead atoms. The molecule has 1 aromatic carbocycles. The van der Waals surface area contributed by atoms with Gasteiger partial charge in [0.05, 0.1) is 0 Å². The van der Waals surface area contributed by atoms with Crippen molar-refractivity contribution >= 4 is 24.2 Å². The Balaban J connectivity index is 0.00000180. The molecular formula is C19H24ClN3O4. The summed E-state index contributed by atoms with van der Waals surface area (Å²) in [6, 6.07) is 4.90. The molecule has 27 heavy (non-hydrogen) atoms. The van der Waals surface area contributed by atoms with Crippen molar-refractivity contribution in [3.63, 3.8) is 0 Å². The number of benzene rings is 1. The second-order valence-electron chi connectivity index (χ2n) is 7.65. The van der Waals surface area contributed by atoms with Gasteiger partial charge in [-0.05, 0) is 42.9 Å². The Bertz CT molecular complexity index is 746. The molecule has 8 heteroatoms. The summed E-state index contributed by atoms with van der Waals surface area (Å²) in [7, 11) is 0. The smallest absolute Gasteiger partial charge is 0.254 e. The number of ether oxygens (including phenoxy) is 2. The number of amides is 2. The predicted molar refractivity (Wildman–Crippen MR) is 100 cm³/mol. The molecule has 2 amide bonds. The summed E-state index contributed by atoms with van der Waals surface area (Å²) in [6.07, 6.45) is 1.62. The minimum Gasteiger partial charge on any atom is -0.454 e. The average Bonchev–Trinajstić information content (AvgIpc) is 3.42. The van der Waals surface area contributed by atoms with Crippen LogP contribution in [0.1, 0.15) is 23.2 Å². The minimum absolute atomic E-state index is 0. The van der Waals surface area contributed by atoms with E-state index in [1.807, 2.05) is 4.90 Å². The molecule has 4 aliphatic rings. The molecule has 3 saturated heterocycles. The van der Waals surface area contributed by atoms with Crippen molar-refractivity contribution in [1.29, 1.82) is 0 Å². The molecule has 1 unspecified atom stereocenters. The van der Waals surface area contributed by atoms with Crippen LogP contribution in [0.15, 0.2) is 18.2 Å². The predicted octanol–water partition coefficient (Wildman–Crippen LogP) is 1.12. The van der Waals surface area contributed by atoms with Crippen LogP contribution in [-0.4, -0.2) is 67.2 Å². The fourth-order valence-electron chi connectivity index (χ4n) is 4.71. The fourth-order valence-corrected chi connectivity index (χ4v) is 4.71. The van der Waals surface area contributed by atoms with Gasteiger partial charge in [0.1, 0.15) is 6.04 Å². The zero-order valence-electron chi connectivity index (χ0n) is 15.1. The van der Waals surface area contributed by atoms with Gasteiger partial charge in [-0.1, -0.05) is 0 Å². The van der Waals surface area contributed by atoms with Gasteiger partial charge in [0.15, 0.2) is 11.5 Å². The molecule has 0 saturated carbocycles. The highest BCUT2D eigenvalue weighted by atomic mass is 35.5. The Kier molecular flexibility index (Phi) is 4.90. The van der Waals surface area contributed by atoms with Gasteiger partial charge in [-0.3, -0.25) is 9.59 Å². The summed E-state index contributed by atoms with van der Waals surface area (Å²) in [6.45, 7) is 4.45. The molecule has 0 radical (unpaired) electrons. The van der Waals surface area contributed by atoms with Crippen LogP contribution in [0.25, 0.3) is 0 Å². The van der Waals surface area contributed by atoms with E-state index in [0.717, 1.165) is 39.0 Å². The normalized spacial score (nSPS) is 28.2. The van der Waals surface area contributed by atoms with Gasteiger partial charge in [0, 0.05) is 38.3 Å². The van der Waals surface area contributed by atoms with Crippen molar-refractivity contribution in [3.8, 4) is 11.5 Å². The number of likely N-dealkylation sites (tertiary alicyclic amines) is 2. The molecule has 4 heterocycles. The van der Waals surface area contributed by atoms with Crippen LogP contribution in [-0.2, 0) is 4.79 Å². The van der Waals surface area contributed by atoms with Crippen LogP contribution in [0.4, 0.5) is 0 Å². The van der Waals surface area contributed by atoms with Gasteiger partial charge in [0.25, 0.3) is 5.91 Å². The highest BCUT2D eigenvalue weighted by molar-refractivity contribution is 5.98. The van der Waals surface area contributed by atoms with Gasteiger partial charge < -0.3 is 24.6 Å². The van der Waals surface area contributed by atoms with Gasteiger partial charge in [-0.15, -0.1) is 12.4 Å². The molecule has 3 atom stereocenters. The van der Waals surface area contributed by atoms with Gasteiger partial charge in [-0.2, -0.15) is 0 Å². The van der Waals surface area contributed by atoms with Crippen molar-refractivity contribution in [1.82, 2.24) is 15.1 Å². The largest absolute Gasteiger partial charge is 0.454 e. The van der Waals surface area contributed by atoms with E-state index < -0.39 is 0 Å². The minimum atomic E-state index is -0.334. The number of nitrogens with zero attached hydrogens (tertiary/aromatic N) is 2. The molecule has 0 aliphatic carbocycles. The highest BCUT2D eigenvalue weighted by Gasteiger charge is 2.43. The standard InChI is InChI=1S/C19H23N3O4.ClH/c23-18(12-3-4-16-17(6-12)26-11-25-16)22-5-1-2-15(22)19(24)21-9-13-7-20-8-14(13)10-21;/h3-4,6,13-15,20H,1-2,5,7-11H2;1H/t13-,14+,15?;. The Hall–Kier alpha value is -1.99. The third-order valence-corrected chi connectivity index (χ3v) is 6.12. The van der Waals surface area contributed by atoms with Gasteiger partial charge in [-0.25, -0.2) is 0 Å². The van der Waals surface area contributed by atoms with E-state index in [4.69, 9.17) is 9.47 Å². The number of carbonyl (C=O) groups is 2. The zero-order chi connectivity index (χ0) is 17.7. The van der Waals surface area contributed by atoms with Crippen LogP contribution in [0.3, 0.4) is 0 Å². The third kappa shape index (κ3) is 3.12. The van der Waals surface area contributed by atoms with Gasteiger partial charge in [0.2, 0.25) is 12.7 Å². The number of rotatable bonds is 2. The maximum Gasteiger partial charge on any atom is 0.254 e. The topological polar surface area (TPSA) is 71.1 Å². The Morgan fingerprint density at radius 2 is 1.81 bits per heavy atom. The Labute approximate surface area is 164 Å². The molecule has 3 fully saturated rings. The SMILES string of the molecule is Cl.O=C(C1CCCN1C(=O)c1ccc2c(c1)OCO2)N1C[C@H]2CNC[C@H]2C1. The zero-order valence-corrected chi connectivity index (χ0v) is 15.9. The first-order chi connectivity index (χ1) is 12.7. The van der Waals surface area contributed by atoms with Crippen LogP contribution in [0.2, 0.25) is 0 Å². The van der Waals surface area contributed by atoms with Crippen LogP contribution in [0.5, 0.6) is 11.5 Å². The number of hydrogen-bond acceptors (Lipinski definition) is 5. The quantitative estimate of drug-likeness (QED) is 0.815. The van der Waals surface area contributed by atoms with E-state index in [1.165, 1.54) is 0 Å². The van der Waals surface area contributed by atoms with Crippen LogP contribution < -0.4 is 14.8 Å². The van der Waals surface area contributed by atoms with Crippen molar-refractivity contribution in [2.24, 2.45) is 11.8 Å². The lowest BCUT2D eigenvalue weighted by atomic mass is 10.0. The molecular weight excluding hydrogens is 370 g/mol. The molecule has 4 aliphatic heterocycles.